The van der Waals surface area contributed by atoms with Crippen molar-refractivity contribution in [2.24, 2.45) is 5.41 Å². The second-order valence-corrected chi connectivity index (χ2v) is 19.7. The predicted octanol–water partition coefficient (Wildman–Crippen LogP) is 1.57. The molecule has 4 amide bonds. The molecular weight excluding hydrogens is 804 g/mol. The van der Waals surface area contributed by atoms with Gasteiger partial charge in [0.2, 0.25) is 23.6 Å². The van der Waals surface area contributed by atoms with Crippen LogP contribution in [0.2, 0.25) is 0 Å². The Hall–Kier alpha value is -3.11. The Bertz CT molecular complexity index is 1390. The van der Waals surface area contributed by atoms with Crippen LogP contribution in [-0.2, 0) is 63.9 Å². The Balaban J connectivity index is 2.14. The Morgan fingerprint density at radius 3 is 1.29 bits per heavy atom. The standard InChI is InChI=1S/C41H65N4O12PS/c1-7-19-51-25-28-54-22-16-42-34(46)10-13-40(14-11-35(47)43-17-23-55-29-26-52-20-8-2,15-12-36(48)44-18-24-56-30-27-53-21-9-3)45-37(49)39-31-41(32-39,33-39)57-58(50,59)38(4,5)6/h1-3H,10-33H2,4-6H3,(H,42,46)(H,43,47)(H,44,48)(H,45,49)(H,50,59). The molecule has 1 unspecified atom stereocenters. The molecule has 0 aromatic rings. The molecule has 0 aliphatic heterocycles. The van der Waals surface area contributed by atoms with Gasteiger partial charge in [0.1, 0.15) is 19.8 Å². The topological polar surface area (TPSA) is 201 Å². The van der Waals surface area contributed by atoms with Crippen LogP contribution in [0.25, 0.3) is 0 Å². The zero-order valence-electron chi connectivity index (χ0n) is 35.0. The van der Waals surface area contributed by atoms with Crippen LogP contribution >= 0.6 is 6.49 Å². The summed E-state index contributed by atoms with van der Waals surface area (Å²) in [6.45, 7) is 6.30. The summed E-state index contributed by atoms with van der Waals surface area (Å²) in [5.41, 5.74) is -2.54. The van der Waals surface area contributed by atoms with E-state index in [1.807, 2.05) is 20.8 Å². The van der Waals surface area contributed by atoms with E-state index in [0.29, 0.717) is 58.9 Å². The largest absolute Gasteiger partial charge is 0.377 e. The van der Waals surface area contributed by atoms with E-state index >= 15 is 0 Å². The summed E-state index contributed by atoms with van der Waals surface area (Å²) in [5, 5.41) is 11.1. The molecule has 3 saturated carbocycles. The van der Waals surface area contributed by atoms with Gasteiger partial charge < -0.3 is 59.1 Å². The number of terminal acetylenes is 3. The molecule has 0 aromatic heterocycles. The number of carbonyl (C=O) groups is 4. The van der Waals surface area contributed by atoms with E-state index in [4.69, 9.17) is 64.0 Å². The SMILES string of the molecule is C#CCOCCOCCNC(=O)CCC(CCC(=O)NCCOCCOCC#C)(CCC(=O)NCCOCCOCC#C)NC(=O)C12CC(OP(O)(=S)C(C)(C)C)(C1)C2. The summed E-state index contributed by atoms with van der Waals surface area (Å²) < 4.78 is 38.1. The van der Waals surface area contributed by atoms with Gasteiger partial charge in [-0.2, -0.15) is 0 Å². The first-order chi connectivity index (χ1) is 28.1. The summed E-state index contributed by atoms with van der Waals surface area (Å²) in [5.74, 6) is 6.01. The fourth-order valence-electron chi connectivity index (χ4n) is 6.53. The van der Waals surface area contributed by atoms with Crippen LogP contribution in [-0.4, -0.2) is 144 Å². The van der Waals surface area contributed by atoms with Gasteiger partial charge in [-0.05, 0) is 50.3 Å². The number of ether oxygens (including phenoxy) is 6. The second-order valence-electron chi connectivity index (χ2n) is 15.7. The van der Waals surface area contributed by atoms with Gasteiger partial charge in [0, 0.05) is 49.6 Å². The molecule has 18 heteroatoms. The first-order valence-electron chi connectivity index (χ1n) is 20.0. The molecule has 3 fully saturated rings. The highest BCUT2D eigenvalue weighted by atomic mass is 32.5. The zero-order valence-corrected chi connectivity index (χ0v) is 36.7. The van der Waals surface area contributed by atoms with Crippen molar-refractivity contribution in [3.8, 4) is 37.0 Å². The zero-order chi connectivity index (χ0) is 43.7. The molecule has 0 saturated heterocycles. The van der Waals surface area contributed by atoms with Crippen LogP contribution in [0.1, 0.15) is 78.6 Å². The van der Waals surface area contributed by atoms with E-state index in [9.17, 15) is 24.1 Å². The maximum atomic E-state index is 14.2. The molecule has 59 heavy (non-hydrogen) atoms. The maximum Gasteiger partial charge on any atom is 0.226 e. The quantitative estimate of drug-likeness (QED) is 0.0355. The molecule has 0 heterocycles. The third-order valence-corrected chi connectivity index (χ3v) is 14.1. The molecule has 3 aliphatic carbocycles. The van der Waals surface area contributed by atoms with Crippen LogP contribution in [0.5, 0.6) is 0 Å². The van der Waals surface area contributed by atoms with Gasteiger partial charge in [0.15, 0.2) is 6.49 Å². The van der Waals surface area contributed by atoms with Gasteiger partial charge in [0.25, 0.3) is 0 Å². The van der Waals surface area contributed by atoms with Crippen molar-refractivity contribution in [3.05, 3.63) is 0 Å². The highest BCUT2D eigenvalue weighted by molar-refractivity contribution is 8.10. The monoisotopic (exact) mass is 868 g/mol. The summed E-state index contributed by atoms with van der Waals surface area (Å²) in [6, 6.07) is 0. The van der Waals surface area contributed by atoms with E-state index in [0.717, 1.165) is 0 Å². The number of hydrogen-bond donors (Lipinski definition) is 5. The molecule has 3 rings (SSSR count). The fraction of sp³-hybridized carbons (Fsp3) is 0.756. The van der Waals surface area contributed by atoms with Gasteiger partial charge in [0.05, 0.1) is 70.5 Å². The Morgan fingerprint density at radius 2 is 0.966 bits per heavy atom. The lowest BCUT2D eigenvalue weighted by Crippen LogP contribution is -2.74. The van der Waals surface area contributed by atoms with Crippen molar-refractivity contribution < 1.29 is 57.0 Å². The molecule has 0 radical (unpaired) electrons. The normalized spacial score (nSPS) is 19.1. The van der Waals surface area contributed by atoms with Crippen LogP contribution in [0.3, 0.4) is 0 Å². The van der Waals surface area contributed by atoms with Crippen molar-refractivity contribution >= 4 is 41.9 Å². The van der Waals surface area contributed by atoms with E-state index in [2.05, 4.69) is 39.0 Å². The van der Waals surface area contributed by atoms with Gasteiger partial charge in [-0.3, -0.25) is 19.2 Å². The number of amides is 4. The fourth-order valence-corrected chi connectivity index (χ4v) is 8.00. The summed E-state index contributed by atoms with van der Waals surface area (Å²) >= 11 is 5.49. The first kappa shape index (κ1) is 52.0. The third-order valence-electron chi connectivity index (χ3n) is 9.88. The van der Waals surface area contributed by atoms with E-state index in [-0.39, 0.29) is 121 Å². The van der Waals surface area contributed by atoms with Crippen LogP contribution in [0, 0.1) is 42.4 Å². The number of nitrogens with one attached hydrogen (secondary N) is 4. The van der Waals surface area contributed by atoms with Crippen molar-refractivity contribution in [2.75, 3.05) is 98.9 Å². The molecule has 1 atom stereocenters. The van der Waals surface area contributed by atoms with Gasteiger partial charge >= 0.3 is 0 Å². The summed E-state index contributed by atoms with van der Waals surface area (Å²) in [6.07, 6.45) is 17.1. The molecule has 16 nitrogen and oxygen atoms in total. The van der Waals surface area contributed by atoms with Crippen molar-refractivity contribution in [1.82, 2.24) is 21.3 Å². The molecular formula is C41H65N4O12PS. The van der Waals surface area contributed by atoms with Crippen molar-refractivity contribution in [2.45, 2.75) is 94.9 Å². The lowest BCUT2D eigenvalue weighted by Gasteiger charge is -2.69. The van der Waals surface area contributed by atoms with Crippen LogP contribution < -0.4 is 21.3 Å². The molecule has 0 spiro atoms. The van der Waals surface area contributed by atoms with Gasteiger partial charge in [-0.1, -0.05) is 38.5 Å². The molecule has 2 bridgehead atoms. The Labute approximate surface area is 355 Å². The van der Waals surface area contributed by atoms with E-state index in [1.54, 1.807) is 0 Å². The minimum Gasteiger partial charge on any atom is -0.377 e. The minimum absolute atomic E-state index is 0.000925. The maximum absolute atomic E-state index is 14.2. The van der Waals surface area contributed by atoms with Crippen LogP contribution in [0.15, 0.2) is 0 Å². The van der Waals surface area contributed by atoms with Crippen molar-refractivity contribution in [3.63, 3.8) is 0 Å². The highest BCUT2D eigenvalue weighted by Crippen LogP contribution is 2.74. The number of rotatable bonds is 34. The lowest BCUT2D eigenvalue weighted by atomic mass is 9.41. The minimum atomic E-state index is -3.15. The first-order valence-corrected chi connectivity index (χ1v) is 22.7. The van der Waals surface area contributed by atoms with E-state index < -0.39 is 28.2 Å². The predicted molar refractivity (Wildman–Crippen MR) is 225 cm³/mol. The average Bonchev–Trinajstić information content (AvgIpc) is 3.15. The summed E-state index contributed by atoms with van der Waals surface area (Å²) in [4.78, 5) is 64.6. The van der Waals surface area contributed by atoms with Crippen LogP contribution in [0.4, 0.5) is 0 Å². The van der Waals surface area contributed by atoms with Crippen molar-refractivity contribution in [1.29, 1.82) is 0 Å². The molecule has 5 N–H and O–H groups in total. The average molecular weight is 869 g/mol. The van der Waals surface area contributed by atoms with Gasteiger partial charge in [-0.15, -0.1) is 19.3 Å². The number of carbonyl (C=O) groups excluding carboxylic acids is 4. The lowest BCUT2D eigenvalue weighted by molar-refractivity contribution is -0.238. The third kappa shape index (κ3) is 19.4. The number of hydrogen-bond acceptors (Lipinski definition) is 12. The van der Waals surface area contributed by atoms with Gasteiger partial charge in [-0.25, -0.2) is 0 Å². The summed E-state index contributed by atoms with van der Waals surface area (Å²) in [7, 11) is 0. The molecule has 0 aromatic carbocycles. The highest BCUT2D eigenvalue weighted by Gasteiger charge is 2.74. The molecule has 3 aliphatic rings. The smallest absolute Gasteiger partial charge is 0.226 e. The molecule has 332 valence electrons. The Morgan fingerprint density at radius 1 is 0.627 bits per heavy atom. The second kappa shape index (κ2) is 27.0. The van der Waals surface area contributed by atoms with E-state index in [1.165, 1.54) is 0 Å². The Kier molecular flexibility index (Phi) is 23.8.